The van der Waals surface area contributed by atoms with Crippen molar-refractivity contribution in [3.05, 3.63) is 47.2 Å². The van der Waals surface area contributed by atoms with Gasteiger partial charge in [-0.15, -0.1) is 0 Å². The molecule has 5 fully saturated rings. The van der Waals surface area contributed by atoms with E-state index in [2.05, 4.69) is 68.9 Å². The van der Waals surface area contributed by atoms with Gasteiger partial charge >= 0.3 is 5.97 Å². The molecular formula is C48H72N4O6S. The smallest absolute Gasteiger partial charge is 0.313 e. The normalized spacial score (nSPS) is 41.3. The minimum atomic E-state index is -2.87. The SMILES string of the molecule is CC[C@@H]1CC[C@]2(NCCN3CCS(=O)(=O)CC3)CC[C@]3(C)[C@H](CC[C@@H]4[C@@]5(C)CC=C(C6=CC[C@@](COc7ncccc7C(N)=O)(C(=O)O)CC6)C(C)(C)[C@@H]5CC[C@]43C)[C@@H]12. The first-order valence-corrected chi connectivity index (χ1v) is 24.9. The highest BCUT2D eigenvalue weighted by Crippen LogP contribution is 2.76. The van der Waals surface area contributed by atoms with E-state index < -0.39 is 27.1 Å². The maximum atomic E-state index is 12.8. The van der Waals surface area contributed by atoms with Crippen LogP contribution in [0.3, 0.4) is 0 Å². The maximum Gasteiger partial charge on any atom is 0.313 e. The van der Waals surface area contributed by atoms with Crippen LogP contribution in [-0.2, 0) is 14.6 Å². The number of carbonyl (C=O) groups excluding carboxylic acids is 1. The van der Waals surface area contributed by atoms with E-state index in [1.165, 1.54) is 75.1 Å². The third-order valence-electron chi connectivity index (χ3n) is 18.9. The van der Waals surface area contributed by atoms with Gasteiger partial charge in [-0.25, -0.2) is 13.4 Å². The number of fused-ring (bicyclic) bond motifs is 7. The fourth-order valence-corrected chi connectivity index (χ4v) is 16.8. The van der Waals surface area contributed by atoms with Crippen LogP contribution in [0.15, 0.2) is 41.6 Å². The predicted molar refractivity (Wildman–Crippen MR) is 232 cm³/mol. The molecule has 1 amide bonds. The lowest BCUT2D eigenvalue weighted by Crippen LogP contribution is -2.68. The van der Waals surface area contributed by atoms with Gasteiger partial charge in [-0.3, -0.25) is 9.59 Å². The molecule has 0 bridgehead atoms. The van der Waals surface area contributed by atoms with Crippen molar-refractivity contribution in [3.63, 3.8) is 0 Å². The first kappa shape index (κ1) is 42.9. The second-order valence-corrected chi connectivity index (χ2v) is 23.9. The van der Waals surface area contributed by atoms with Crippen molar-refractivity contribution in [2.45, 2.75) is 131 Å². The van der Waals surface area contributed by atoms with E-state index in [4.69, 9.17) is 10.5 Å². The number of ether oxygens (including phenoxy) is 1. The molecule has 6 aliphatic carbocycles. The molecule has 2 heterocycles. The summed E-state index contributed by atoms with van der Waals surface area (Å²) in [6.07, 6.45) is 20.3. The number of pyridine rings is 1. The zero-order valence-electron chi connectivity index (χ0n) is 36.8. The highest BCUT2D eigenvalue weighted by atomic mass is 32.2. The summed E-state index contributed by atoms with van der Waals surface area (Å²) >= 11 is 0. The fraction of sp³-hybridized carbons (Fsp3) is 0.771. The highest BCUT2D eigenvalue weighted by Gasteiger charge is 2.70. The molecule has 4 saturated carbocycles. The van der Waals surface area contributed by atoms with Gasteiger partial charge < -0.3 is 25.8 Å². The Hall–Kier alpha value is -2.76. The average Bonchev–Trinajstić information content (AvgIpc) is 3.57. The van der Waals surface area contributed by atoms with E-state index >= 15 is 0 Å². The number of aromatic nitrogens is 1. The van der Waals surface area contributed by atoms with Crippen molar-refractivity contribution in [1.82, 2.24) is 15.2 Å². The number of nitrogens with two attached hydrogens (primary N) is 1. The van der Waals surface area contributed by atoms with Gasteiger partial charge in [-0.1, -0.05) is 60.1 Å². The lowest BCUT2D eigenvalue weighted by atomic mass is 9.33. The number of hydrogen-bond acceptors (Lipinski definition) is 8. The maximum absolute atomic E-state index is 12.8. The lowest BCUT2D eigenvalue weighted by Gasteiger charge is -2.72. The number of carboxylic acids is 1. The Kier molecular flexibility index (Phi) is 11.1. The number of nitrogens with one attached hydrogen (secondary N) is 1. The van der Waals surface area contributed by atoms with Gasteiger partial charge in [0.2, 0.25) is 5.88 Å². The van der Waals surface area contributed by atoms with Crippen LogP contribution in [0.1, 0.15) is 135 Å². The lowest BCUT2D eigenvalue weighted by molar-refractivity contribution is -0.222. The molecule has 1 aliphatic heterocycles. The van der Waals surface area contributed by atoms with Crippen molar-refractivity contribution in [1.29, 1.82) is 0 Å². The third-order valence-corrected chi connectivity index (χ3v) is 20.6. The molecule has 11 heteroatoms. The summed E-state index contributed by atoms with van der Waals surface area (Å²) in [4.78, 5) is 31.3. The zero-order valence-corrected chi connectivity index (χ0v) is 37.6. The summed E-state index contributed by atoms with van der Waals surface area (Å²) in [5, 5.41) is 14.7. The van der Waals surface area contributed by atoms with Crippen molar-refractivity contribution >= 4 is 21.7 Å². The minimum Gasteiger partial charge on any atom is -0.481 e. The van der Waals surface area contributed by atoms with Gasteiger partial charge in [-0.2, -0.15) is 0 Å². The van der Waals surface area contributed by atoms with Crippen molar-refractivity contribution < 1.29 is 27.9 Å². The molecule has 8 rings (SSSR count). The molecular weight excluding hydrogens is 761 g/mol. The largest absolute Gasteiger partial charge is 0.481 e. The number of carboxylic acid groups (broad SMARTS) is 1. The summed E-state index contributed by atoms with van der Waals surface area (Å²) in [5.41, 5.74) is 8.21. The number of nitrogens with zero attached hydrogens (tertiary/aromatic N) is 2. The van der Waals surface area contributed by atoms with Crippen LogP contribution in [0.2, 0.25) is 0 Å². The summed E-state index contributed by atoms with van der Waals surface area (Å²) in [7, 11) is -2.87. The molecule has 1 saturated heterocycles. The van der Waals surface area contributed by atoms with Crippen LogP contribution in [-0.4, -0.2) is 85.1 Å². The highest BCUT2D eigenvalue weighted by molar-refractivity contribution is 7.91. The van der Waals surface area contributed by atoms with E-state index in [9.17, 15) is 23.1 Å². The number of allylic oxidation sites excluding steroid dienone is 4. The van der Waals surface area contributed by atoms with Gasteiger partial charge in [0, 0.05) is 37.9 Å². The molecule has 0 aromatic carbocycles. The molecule has 1 aromatic rings. The molecule has 10 atom stereocenters. The van der Waals surface area contributed by atoms with E-state index in [1.54, 1.807) is 12.1 Å². The first-order valence-electron chi connectivity index (χ1n) is 23.0. The first-order chi connectivity index (χ1) is 27.8. The second kappa shape index (κ2) is 15.2. The average molecular weight is 833 g/mol. The number of aliphatic carboxylic acids is 1. The zero-order chi connectivity index (χ0) is 42.2. The van der Waals surface area contributed by atoms with Crippen LogP contribution in [0.5, 0.6) is 5.88 Å². The number of primary amides is 1. The fourth-order valence-electron chi connectivity index (χ4n) is 15.5. The predicted octanol–water partition coefficient (Wildman–Crippen LogP) is 7.84. The molecule has 326 valence electrons. The number of amides is 1. The van der Waals surface area contributed by atoms with Crippen molar-refractivity contribution in [3.8, 4) is 5.88 Å². The Bertz CT molecular complexity index is 1980. The van der Waals surface area contributed by atoms with Gasteiger partial charge in [0.1, 0.15) is 17.6 Å². The topological polar surface area (TPSA) is 152 Å². The third kappa shape index (κ3) is 6.94. The van der Waals surface area contributed by atoms with Crippen LogP contribution >= 0.6 is 0 Å². The van der Waals surface area contributed by atoms with Gasteiger partial charge in [0.05, 0.1) is 11.5 Å². The molecule has 10 nitrogen and oxygen atoms in total. The second-order valence-electron chi connectivity index (χ2n) is 21.5. The minimum absolute atomic E-state index is 0.0368. The molecule has 59 heavy (non-hydrogen) atoms. The monoisotopic (exact) mass is 833 g/mol. The van der Waals surface area contributed by atoms with E-state index in [-0.39, 0.29) is 45.2 Å². The molecule has 0 spiro atoms. The van der Waals surface area contributed by atoms with E-state index in [0.717, 1.165) is 25.4 Å². The Morgan fingerprint density at radius 1 is 0.949 bits per heavy atom. The molecule has 0 unspecified atom stereocenters. The summed E-state index contributed by atoms with van der Waals surface area (Å²) in [6.45, 7) is 18.6. The molecule has 7 aliphatic rings. The van der Waals surface area contributed by atoms with Crippen LogP contribution in [0.4, 0.5) is 0 Å². The van der Waals surface area contributed by atoms with Crippen LogP contribution < -0.4 is 15.8 Å². The van der Waals surface area contributed by atoms with E-state index in [0.29, 0.717) is 67.5 Å². The number of rotatable bonds is 11. The van der Waals surface area contributed by atoms with Gasteiger partial charge in [0.25, 0.3) is 5.91 Å². The number of carbonyl (C=O) groups is 2. The summed E-state index contributed by atoms with van der Waals surface area (Å²) in [5.74, 6) is 2.50. The molecule has 0 radical (unpaired) electrons. The Morgan fingerprint density at radius 2 is 1.71 bits per heavy atom. The van der Waals surface area contributed by atoms with E-state index in [1.807, 2.05) is 0 Å². The Labute approximate surface area is 353 Å². The van der Waals surface area contributed by atoms with Crippen molar-refractivity contribution in [2.75, 3.05) is 44.3 Å². The number of sulfone groups is 1. The Morgan fingerprint density at radius 3 is 2.39 bits per heavy atom. The van der Waals surface area contributed by atoms with Crippen LogP contribution in [0, 0.1) is 56.7 Å². The summed E-state index contributed by atoms with van der Waals surface area (Å²) < 4.78 is 30.1. The van der Waals surface area contributed by atoms with Gasteiger partial charge in [-0.05, 0) is 152 Å². The quantitative estimate of drug-likeness (QED) is 0.203. The molecule has 4 N–H and O–H groups in total. The van der Waals surface area contributed by atoms with Crippen LogP contribution in [0.25, 0.3) is 0 Å². The summed E-state index contributed by atoms with van der Waals surface area (Å²) in [6, 6.07) is 3.17. The molecule has 1 aromatic heterocycles. The number of hydrogen-bond donors (Lipinski definition) is 3. The Balaban J connectivity index is 0.994. The van der Waals surface area contributed by atoms with Gasteiger partial charge in [0.15, 0.2) is 9.84 Å². The standard InChI is InChI=1S/C48H72N4O6S/c1-7-32-14-21-48(51-25-26-52-27-29-59(56,57)30-28-52)23-22-45(5)36(39(32)48)10-11-38-44(4)17-15-35(43(2,3)37(44)16-18-46(38,45)6)33-12-19-47(20-13-33,42(54)55)31-58-41-34(40(49)53)9-8-24-50-41/h8-9,12,15,24,32,36-39,51H,7,10-11,13-14,16-23,25-31H2,1-6H3,(H2,49,53)(H,54,55)/t32-,36-,37+,38-,39-,44+,45-,46-,47-,48+/m1/s1. The van der Waals surface area contributed by atoms with Crippen molar-refractivity contribution in [2.24, 2.45) is 62.4 Å².